The molecule has 0 spiro atoms. The molecule has 0 bridgehead atoms. The molecule has 1 saturated heterocycles. The van der Waals surface area contributed by atoms with Gasteiger partial charge < -0.3 is 4.42 Å². The predicted octanol–water partition coefficient (Wildman–Crippen LogP) is 0.708. The lowest BCUT2D eigenvalue weighted by Crippen LogP contribution is -2.38. The summed E-state index contributed by atoms with van der Waals surface area (Å²) in [4.78, 5) is 23.4. The van der Waals surface area contributed by atoms with Crippen molar-refractivity contribution in [2.24, 2.45) is 5.92 Å². The third-order valence-electron chi connectivity index (χ3n) is 3.77. The zero-order chi connectivity index (χ0) is 12.9. The minimum atomic E-state index is -3.46. The molecule has 0 aromatic carbocycles. The number of fused-ring (bicyclic) bond motifs is 1. The Bertz CT molecular complexity index is 598. The number of Topliss-reactive ketones (excluding diaryl/α,β-unsaturated/α-hetero) is 2. The molecule has 0 unspecified atom stereocenters. The molecule has 0 amide bonds. The first-order chi connectivity index (χ1) is 8.49. The Morgan fingerprint density at radius 2 is 1.89 bits per heavy atom. The molecule has 6 heteroatoms. The fourth-order valence-electron chi connectivity index (χ4n) is 3.05. The number of sulfone groups is 1. The molecule has 1 saturated carbocycles. The van der Waals surface area contributed by atoms with Crippen LogP contribution >= 0.6 is 0 Å². The van der Waals surface area contributed by atoms with Gasteiger partial charge in [0.25, 0.3) is 0 Å². The Morgan fingerprint density at radius 3 is 2.56 bits per heavy atom. The van der Waals surface area contributed by atoms with Crippen LogP contribution in [0.2, 0.25) is 0 Å². The van der Waals surface area contributed by atoms with E-state index in [2.05, 4.69) is 0 Å². The summed E-state index contributed by atoms with van der Waals surface area (Å²) in [5.41, 5.74) is 0. The maximum Gasteiger partial charge on any atom is 0.161 e. The van der Waals surface area contributed by atoms with Gasteiger partial charge in [-0.1, -0.05) is 0 Å². The first-order valence-electron chi connectivity index (χ1n) is 5.78. The highest BCUT2D eigenvalue weighted by molar-refractivity contribution is 7.93. The molecule has 5 nitrogen and oxygen atoms in total. The molecular weight excluding hydrogens is 256 g/mol. The topological polar surface area (TPSA) is 81.4 Å². The minimum absolute atomic E-state index is 0.0555. The van der Waals surface area contributed by atoms with Gasteiger partial charge in [-0.2, -0.15) is 0 Å². The first-order valence-corrected chi connectivity index (χ1v) is 7.50. The molecule has 1 aromatic heterocycles. The molecule has 96 valence electrons. The first kappa shape index (κ1) is 11.6. The monoisotopic (exact) mass is 268 g/mol. The van der Waals surface area contributed by atoms with E-state index in [4.69, 9.17) is 4.42 Å². The van der Waals surface area contributed by atoms with Crippen molar-refractivity contribution in [3.8, 4) is 0 Å². The van der Waals surface area contributed by atoms with Crippen molar-refractivity contribution in [2.45, 2.75) is 24.0 Å². The second-order valence-corrected chi connectivity index (χ2v) is 7.07. The molecule has 3 rings (SSSR count). The van der Waals surface area contributed by atoms with Crippen molar-refractivity contribution in [1.82, 2.24) is 0 Å². The Kier molecular flexibility index (Phi) is 2.45. The molecule has 2 fully saturated rings. The van der Waals surface area contributed by atoms with Crippen LogP contribution in [0, 0.1) is 5.92 Å². The van der Waals surface area contributed by atoms with E-state index in [1.54, 1.807) is 12.1 Å². The number of hydrogen-bond donors (Lipinski definition) is 0. The Balaban J connectivity index is 2.08. The van der Waals surface area contributed by atoms with Gasteiger partial charge in [0.15, 0.2) is 15.6 Å². The van der Waals surface area contributed by atoms with Crippen molar-refractivity contribution in [2.75, 3.05) is 5.75 Å². The molecule has 2 aliphatic rings. The summed E-state index contributed by atoms with van der Waals surface area (Å²) in [7, 11) is -3.46. The summed E-state index contributed by atoms with van der Waals surface area (Å²) in [5.74, 6) is -1.54. The number of carbonyl (C=O) groups excluding carboxylic acids is 2. The highest BCUT2D eigenvalue weighted by Gasteiger charge is 2.54. The van der Waals surface area contributed by atoms with Crippen LogP contribution in [0.1, 0.15) is 24.5 Å². The lowest BCUT2D eigenvalue weighted by Gasteiger charge is -2.29. The number of ketones is 2. The van der Waals surface area contributed by atoms with Crippen LogP contribution in [0.4, 0.5) is 0 Å². The average molecular weight is 268 g/mol. The molecule has 0 N–H and O–H groups in total. The summed E-state index contributed by atoms with van der Waals surface area (Å²) in [6.07, 6.45) is 1.65. The number of hydrogen-bond acceptors (Lipinski definition) is 5. The molecule has 1 aromatic rings. The Morgan fingerprint density at radius 1 is 1.17 bits per heavy atom. The van der Waals surface area contributed by atoms with Crippen molar-refractivity contribution in [1.29, 1.82) is 0 Å². The van der Waals surface area contributed by atoms with Crippen LogP contribution in [0.5, 0.6) is 0 Å². The molecule has 3 atom stereocenters. The SMILES string of the molecule is O=C1C[C@@H]2C(=O)CS(=O)(=O)[C@@H]2[C@@H](c2ccco2)C1. The summed E-state index contributed by atoms with van der Waals surface area (Å²) >= 11 is 0. The smallest absolute Gasteiger partial charge is 0.161 e. The number of furan rings is 1. The second kappa shape index (κ2) is 3.78. The fourth-order valence-corrected chi connectivity index (χ4v) is 5.33. The van der Waals surface area contributed by atoms with Gasteiger partial charge >= 0.3 is 0 Å². The fraction of sp³-hybridized carbons (Fsp3) is 0.500. The van der Waals surface area contributed by atoms with Crippen LogP contribution in [-0.4, -0.2) is 31.0 Å². The largest absolute Gasteiger partial charge is 0.469 e. The van der Waals surface area contributed by atoms with Crippen LogP contribution < -0.4 is 0 Å². The molecule has 1 aliphatic carbocycles. The van der Waals surface area contributed by atoms with Crippen LogP contribution in [0.15, 0.2) is 22.8 Å². The van der Waals surface area contributed by atoms with Crippen molar-refractivity contribution in [3.63, 3.8) is 0 Å². The molecule has 18 heavy (non-hydrogen) atoms. The van der Waals surface area contributed by atoms with Crippen molar-refractivity contribution in [3.05, 3.63) is 24.2 Å². The van der Waals surface area contributed by atoms with Gasteiger partial charge in [0.2, 0.25) is 0 Å². The highest BCUT2D eigenvalue weighted by Crippen LogP contribution is 2.43. The molecular formula is C12H12O5S. The van der Waals surface area contributed by atoms with Gasteiger partial charge in [0.1, 0.15) is 17.3 Å². The molecule has 1 aliphatic heterocycles. The Labute approximate surface area is 104 Å². The van der Waals surface area contributed by atoms with E-state index in [9.17, 15) is 18.0 Å². The van der Waals surface area contributed by atoms with Crippen molar-refractivity contribution < 1.29 is 22.4 Å². The second-order valence-electron chi connectivity index (χ2n) is 4.91. The molecule has 2 heterocycles. The lowest BCUT2D eigenvalue weighted by molar-refractivity contribution is -0.128. The van der Waals surface area contributed by atoms with E-state index in [1.165, 1.54) is 6.26 Å². The zero-order valence-corrected chi connectivity index (χ0v) is 10.4. The van der Waals surface area contributed by atoms with Crippen molar-refractivity contribution >= 4 is 21.4 Å². The van der Waals surface area contributed by atoms with E-state index in [0.717, 1.165) is 0 Å². The van der Waals surface area contributed by atoms with E-state index in [-0.39, 0.29) is 24.4 Å². The van der Waals surface area contributed by atoms with Gasteiger partial charge in [-0.3, -0.25) is 9.59 Å². The Hall–Kier alpha value is -1.43. The highest BCUT2D eigenvalue weighted by atomic mass is 32.2. The van der Waals surface area contributed by atoms with Crippen LogP contribution in [-0.2, 0) is 19.4 Å². The third-order valence-corrected chi connectivity index (χ3v) is 5.94. The molecule has 0 radical (unpaired) electrons. The van der Waals surface area contributed by atoms with Crippen LogP contribution in [0.25, 0.3) is 0 Å². The zero-order valence-electron chi connectivity index (χ0n) is 9.53. The summed E-state index contributed by atoms with van der Waals surface area (Å²) in [6, 6.07) is 3.32. The van der Waals surface area contributed by atoms with Gasteiger partial charge in [-0.05, 0) is 12.1 Å². The standard InChI is InChI=1S/C12H12O5S/c13-7-4-8-10(14)6-18(15,16)12(8)9(5-7)11-2-1-3-17-11/h1-3,8-9,12H,4-6H2/t8-,9-,12+/m1/s1. The maximum atomic E-state index is 12.0. The summed E-state index contributed by atoms with van der Waals surface area (Å²) in [5, 5.41) is -0.783. The van der Waals surface area contributed by atoms with E-state index in [0.29, 0.717) is 5.76 Å². The number of carbonyl (C=O) groups is 2. The lowest BCUT2D eigenvalue weighted by atomic mass is 9.77. The number of rotatable bonds is 1. The quantitative estimate of drug-likeness (QED) is 0.749. The normalized spacial score (nSPS) is 34.6. The van der Waals surface area contributed by atoms with Gasteiger partial charge in [0, 0.05) is 24.7 Å². The average Bonchev–Trinajstić information content (AvgIpc) is 2.86. The van der Waals surface area contributed by atoms with Gasteiger partial charge in [-0.15, -0.1) is 0 Å². The van der Waals surface area contributed by atoms with E-state index < -0.39 is 32.7 Å². The summed E-state index contributed by atoms with van der Waals surface area (Å²) in [6.45, 7) is 0. The van der Waals surface area contributed by atoms with E-state index >= 15 is 0 Å². The third kappa shape index (κ3) is 1.63. The van der Waals surface area contributed by atoms with Gasteiger partial charge in [-0.25, -0.2) is 8.42 Å². The predicted molar refractivity (Wildman–Crippen MR) is 61.8 cm³/mol. The van der Waals surface area contributed by atoms with Crippen LogP contribution in [0.3, 0.4) is 0 Å². The van der Waals surface area contributed by atoms with Gasteiger partial charge in [0.05, 0.1) is 11.5 Å². The summed E-state index contributed by atoms with van der Waals surface area (Å²) < 4.78 is 29.3. The maximum absolute atomic E-state index is 12.0. The minimum Gasteiger partial charge on any atom is -0.469 e. The van der Waals surface area contributed by atoms with E-state index in [1.807, 2.05) is 0 Å².